The highest BCUT2D eigenvalue weighted by Gasteiger charge is 2.14. The Bertz CT molecular complexity index is 630. The molecule has 0 unspecified atom stereocenters. The van der Waals surface area contributed by atoms with Crippen LogP contribution < -0.4 is 9.47 Å². The second kappa shape index (κ2) is 4.98. The summed E-state index contributed by atoms with van der Waals surface area (Å²) >= 11 is 0. The smallest absolute Gasteiger partial charge is 0.231 e. The molecule has 0 aromatic heterocycles. The molecule has 2 aromatic carbocycles. The summed E-state index contributed by atoms with van der Waals surface area (Å²) in [5.41, 5.74) is 1.59. The van der Waals surface area contributed by atoms with Gasteiger partial charge in [0, 0.05) is 5.56 Å². The van der Waals surface area contributed by atoms with Crippen LogP contribution in [0.2, 0.25) is 0 Å². The third kappa shape index (κ3) is 2.50. The number of ether oxygens (including phenoxy) is 2. The topological polar surface area (TPSA) is 35.5 Å². The van der Waals surface area contributed by atoms with Gasteiger partial charge in [-0.3, -0.25) is 4.79 Å². The monoisotopic (exact) mass is 252 g/mol. The second-order valence-electron chi connectivity index (χ2n) is 4.18. The lowest BCUT2D eigenvalue weighted by molar-refractivity contribution is 0.104. The molecule has 0 saturated carbocycles. The summed E-state index contributed by atoms with van der Waals surface area (Å²) in [5, 5.41) is 0. The fourth-order valence-electron chi connectivity index (χ4n) is 1.88. The van der Waals surface area contributed by atoms with Crippen molar-refractivity contribution in [3.63, 3.8) is 0 Å². The van der Waals surface area contributed by atoms with Crippen LogP contribution in [0, 0.1) is 0 Å². The summed E-state index contributed by atoms with van der Waals surface area (Å²) < 4.78 is 10.5. The van der Waals surface area contributed by atoms with Crippen LogP contribution in [0.4, 0.5) is 0 Å². The van der Waals surface area contributed by atoms with E-state index in [2.05, 4.69) is 0 Å². The van der Waals surface area contributed by atoms with E-state index in [0.29, 0.717) is 17.1 Å². The largest absolute Gasteiger partial charge is 0.454 e. The molecule has 3 heteroatoms. The van der Waals surface area contributed by atoms with Crippen molar-refractivity contribution in [2.75, 3.05) is 6.79 Å². The normalized spacial score (nSPS) is 12.8. The van der Waals surface area contributed by atoms with Crippen molar-refractivity contribution < 1.29 is 14.3 Å². The Hall–Kier alpha value is -2.55. The third-order valence-electron chi connectivity index (χ3n) is 2.88. The zero-order chi connectivity index (χ0) is 13.1. The maximum absolute atomic E-state index is 12.0. The standard InChI is InChI=1S/C16H12O3/c17-14(8-6-12-4-2-1-3-5-12)13-7-9-15-16(10-13)19-11-18-15/h1-10H,11H2. The fourth-order valence-corrected chi connectivity index (χ4v) is 1.88. The van der Waals surface area contributed by atoms with Crippen LogP contribution in [-0.2, 0) is 0 Å². The van der Waals surface area contributed by atoms with Crippen molar-refractivity contribution in [3.05, 3.63) is 65.7 Å². The first-order valence-electron chi connectivity index (χ1n) is 6.00. The number of carbonyl (C=O) groups excluding carboxylic acids is 1. The highest BCUT2D eigenvalue weighted by atomic mass is 16.7. The Kier molecular flexibility index (Phi) is 3.02. The predicted octanol–water partition coefficient (Wildman–Crippen LogP) is 3.31. The van der Waals surface area contributed by atoms with E-state index in [1.807, 2.05) is 30.3 Å². The van der Waals surface area contributed by atoms with E-state index in [0.717, 1.165) is 5.56 Å². The lowest BCUT2D eigenvalue weighted by atomic mass is 10.1. The number of allylic oxidation sites excluding steroid dienone is 1. The van der Waals surface area contributed by atoms with E-state index in [4.69, 9.17) is 9.47 Å². The highest BCUT2D eigenvalue weighted by molar-refractivity contribution is 6.07. The molecular weight excluding hydrogens is 240 g/mol. The van der Waals surface area contributed by atoms with Gasteiger partial charge < -0.3 is 9.47 Å². The van der Waals surface area contributed by atoms with Crippen LogP contribution in [0.1, 0.15) is 15.9 Å². The van der Waals surface area contributed by atoms with Gasteiger partial charge in [-0.1, -0.05) is 36.4 Å². The Morgan fingerprint density at radius 2 is 1.79 bits per heavy atom. The van der Waals surface area contributed by atoms with Gasteiger partial charge in [0.05, 0.1) is 0 Å². The first-order valence-corrected chi connectivity index (χ1v) is 6.00. The number of ketones is 1. The number of rotatable bonds is 3. The van der Waals surface area contributed by atoms with Gasteiger partial charge in [-0.05, 0) is 29.8 Å². The van der Waals surface area contributed by atoms with Gasteiger partial charge >= 0.3 is 0 Å². The highest BCUT2D eigenvalue weighted by Crippen LogP contribution is 2.32. The number of hydrogen-bond donors (Lipinski definition) is 0. The molecule has 0 radical (unpaired) electrons. The van der Waals surface area contributed by atoms with Crippen LogP contribution >= 0.6 is 0 Å². The molecule has 1 heterocycles. The van der Waals surface area contributed by atoms with Crippen LogP contribution in [0.25, 0.3) is 6.08 Å². The van der Waals surface area contributed by atoms with Crippen molar-refractivity contribution in [2.24, 2.45) is 0 Å². The van der Waals surface area contributed by atoms with E-state index in [1.54, 1.807) is 30.4 Å². The molecule has 1 aliphatic heterocycles. The van der Waals surface area contributed by atoms with Crippen LogP contribution in [-0.4, -0.2) is 12.6 Å². The number of fused-ring (bicyclic) bond motifs is 1. The molecular formula is C16H12O3. The van der Waals surface area contributed by atoms with Crippen LogP contribution in [0.3, 0.4) is 0 Å². The first kappa shape index (κ1) is 11.5. The summed E-state index contributed by atoms with van der Waals surface area (Å²) in [6, 6.07) is 14.9. The summed E-state index contributed by atoms with van der Waals surface area (Å²) in [4.78, 5) is 12.0. The Balaban J connectivity index is 1.79. The van der Waals surface area contributed by atoms with Gasteiger partial charge in [-0.2, -0.15) is 0 Å². The Labute approximate surface area is 111 Å². The fraction of sp³-hybridized carbons (Fsp3) is 0.0625. The summed E-state index contributed by atoms with van der Waals surface area (Å²) in [5.74, 6) is 1.25. The minimum atomic E-state index is -0.0536. The molecule has 0 bridgehead atoms. The van der Waals surface area contributed by atoms with Crippen LogP contribution in [0.15, 0.2) is 54.6 Å². The van der Waals surface area contributed by atoms with Crippen molar-refractivity contribution in [3.8, 4) is 11.5 Å². The maximum Gasteiger partial charge on any atom is 0.231 e. The van der Waals surface area contributed by atoms with E-state index in [9.17, 15) is 4.79 Å². The third-order valence-corrected chi connectivity index (χ3v) is 2.88. The van der Waals surface area contributed by atoms with Gasteiger partial charge in [0.25, 0.3) is 0 Å². The van der Waals surface area contributed by atoms with Crippen molar-refractivity contribution in [1.82, 2.24) is 0 Å². The van der Waals surface area contributed by atoms with E-state index in [-0.39, 0.29) is 12.6 Å². The Morgan fingerprint density at radius 1 is 1.00 bits per heavy atom. The van der Waals surface area contributed by atoms with Gasteiger partial charge in [0.2, 0.25) is 6.79 Å². The quantitative estimate of drug-likeness (QED) is 0.621. The van der Waals surface area contributed by atoms with E-state index in [1.165, 1.54) is 0 Å². The average Bonchev–Trinajstić information content (AvgIpc) is 2.93. The molecule has 0 fully saturated rings. The van der Waals surface area contributed by atoms with Gasteiger partial charge in [0.1, 0.15) is 0 Å². The minimum absolute atomic E-state index is 0.0536. The molecule has 0 atom stereocenters. The summed E-state index contributed by atoms with van der Waals surface area (Å²) in [7, 11) is 0. The van der Waals surface area contributed by atoms with Crippen molar-refractivity contribution in [2.45, 2.75) is 0 Å². The summed E-state index contributed by atoms with van der Waals surface area (Å²) in [6.07, 6.45) is 3.36. The van der Waals surface area contributed by atoms with Crippen molar-refractivity contribution in [1.29, 1.82) is 0 Å². The predicted molar refractivity (Wildman–Crippen MR) is 72.4 cm³/mol. The summed E-state index contributed by atoms with van der Waals surface area (Å²) in [6.45, 7) is 0.215. The molecule has 3 nitrogen and oxygen atoms in total. The molecule has 19 heavy (non-hydrogen) atoms. The first-order chi connectivity index (χ1) is 9.33. The van der Waals surface area contributed by atoms with Crippen LogP contribution in [0.5, 0.6) is 11.5 Å². The second-order valence-corrected chi connectivity index (χ2v) is 4.18. The average molecular weight is 252 g/mol. The van der Waals surface area contributed by atoms with E-state index < -0.39 is 0 Å². The number of benzene rings is 2. The molecule has 0 saturated heterocycles. The maximum atomic E-state index is 12.0. The SMILES string of the molecule is O=C(C=Cc1ccccc1)c1ccc2c(c1)OCO2. The molecule has 2 aromatic rings. The minimum Gasteiger partial charge on any atom is -0.454 e. The molecule has 94 valence electrons. The molecule has 0 amide bonds. The lowest BCUT2D eigenvalue weighted by Crippen LogP contribution is -1.94. The van der Waals surface area contributed by atoms with Gasteiger partial charge in [0.15, 0.2) is 17.3 Å². The number of carbonyl (C=O) groups is 1. The Morgan fingerprint density at radius 3 is 2.63 bits per heavy atom. The lowest BCUT2D eigenvalue weighted by Gasteiger charge is -1.99. The molecule has 0 N–H and O–H groups in total. The molecule has 0 aliphatic carbocycles. The number of hydrogen-bond acceptors (Lipinski definition) is 3. The zero-order valence-electron chi connectivity index (χ0n) is 10.2. The van der Waals surface area contributed by atoms with Crippen molar-refractivity contribution >= 4 is 11.9 Å². The molecule has 0 spiro atoms. The van der Waals surface area contributed by atoms with Gasteiger partial charge in [-0.15, -0.1) is 0 Å². The molecule has 1 aliphatic rings. The molecule has 3 rings (SSSR count). The van der Waals surface area contributed by atoms with Gasteiger partial charge in [-0.25, -0.2) is 0 Å². The zero-order valence-corrected chi connectivity index (χ0v) is 10.2. The van der Waals surface area contributed by atoms with E-state index >= 15 is 0 Å².